The molecule has 0 spiro atoms. The van der Waals surface area contributed by atoms with Crippen LogP contribution in [-0.2, 0) is 6.42 Å². The van der Waals surface area contributed by atoms with Crippen molar-refractivity contribution >= 4 is 11.5 Å². The molecule has 1 aromatic heterocycles. The van der Waals surface area contributed by atoms with Crippen LogP contribution in [0.1, 0.15) is 18.9 Å². The van der Waals surface area contributed by atoms with Crippen molar-refractivity contribution in [2.75, 3.05) is 11.9 Å². The van der Waals surface area contributed by atoms with Gasteiger partial charge in [-0.3, -0.25) is 0 Å². The van der Waals surface area contributed by atoms with Crippen LogP contribution in [0.15, 0.2) is 42.6 Å². The number of para-hydroxylation sites is 1. The Morgan fingerprint density at radius 1 is 1.25 bits per heavy atom. The third kappa shape index (κ3) is 3.33. The number of pyridine rings is 1. The van der Waals surface area contributed by atoms with Crippen molar-refractivity contribution < 1.29 is 4.39 Å². The first-order chi connectivity index (χ1) is 9.61. The van der Waals surface area contributed by atoms with Crippen LogP contribution in [0, 0.1) is 5.82 Å². The Morgan fingerprint density at radius 2 is 2.00 bits per heavy atom. The second kappa shape index (κ2) is 6.48. The molecule has 0 saturated heterocycles. The number of anilines is 2. The molecule has 0 bridgehead atoms. The number of hydrogen-bond donors (Lipinski definition) is 1. The first kappa shape index (κ1) is 14.5. The molecule has 1 unspecified atom stereocenters. The smallest absolute Gasteiger partial charge is 0.146 e. The Morgan fingerprint density at radius 3 is 2.60 bits per heavy atom. The van der Waals surface area contributed by atoms with E-state index in [1.54, 1.807) is 24.1 Å². The summed E-state index contributed by atoms with van der Waals surface area (Å²) in [7, 11) is 1.80. The summed E-state index contributed by atoms with van der Waals surface area (Å²) >= 11 is 0. The van der Waals surface area contributed by atoms with E-state index in [-0.39, 0.29) is 11.9 Å². The molecule has 1 atom stereocenters. The maximum atomic E-state index is 13.7. The average molecular weight is 273 g/mol. The quantitative estimate of drug-likeness (QED) is 0.909. The molecule has 0 amide bonds. The summed E-state index contributed by atoms with van der Waals surface area (Å²) < 4.78 is 13.7. The van der Waals surface area contributed by atoms with Crippen LogP contribution in [0.4, 0.5) is 15.9 Å². The minimum atomic E-state index is -0.256. The molecule has 0 fully saturated rings. The van der Waals surface area contributed by atoms with Crippen molar-refractivity contribution in [2.45, 2.75) is 25.8 Å². The summed E-state index contributed by atoms with van der Waals surface area (Å²) in [4.78, 5) is 6.12. The van der Waals surface area contributed by atoms with Crippen molar-refractivity contribution in [3.63, 3.8) is 0 Å². The Hall–Kier alpha value is -1.94. The Labute approximate surface area is 119 Å². The van der Waals surface area contributed by atoms with Gasteiger partial charge in [-0.2, -0.15) is 0 Å². The monoisotopic (exact) mass is 273 g/mol. The van der Waals surface area contributed by atoms with Crippen molar-refractivity contribution in [3.05, 3.63) is 54.0 Å². The summed E-state index contributed by atoms with van der Waals surface area (Å²) in [5.74, 6) is 0.456. The number of hydrogen-bond acceptors (Lipinski definition) is 3. The van der Waals surface area contributed by atoms with Crippen molar-refractivity contribution in [2.24, 2.45) is 5.73 Å². The fraction of sp³-hybridized carbons (Fsp3) is 0.312. The molecule has 1 heterocycles. The van der Waals surface area contributed by atoms with Crippen molar-refractivity contribution in [3.8, 4) is 0 Å². The highest BCUT2D eigenvalue weighted by molar-refractivity contribution is 5.59. The topological polar surface area (TPSA) is 42.1 Å². The van der Waals surface area contributed by atoms with Crippen molar-refractivity contribution in [1.82, 2.24) is 4.98 Å². The summed E-state index contributed by atoms with van der Waals surface area (Å²) in [6.45, 7) is 2.07. The Balaban J connectivity index is 2.16. The van der Waals surface area contributed by atoms with Gasteiger partial charge in [-0.05, 0) is 36.6 Å². The Bertz CT molecular complexity index is 554. The Kier molecular flexibility index (Phi) is 4.69. The van der Waals surface area contributed by atoms with Gasteiger partial charge in [-0.15, -0.1) is 0 Å². The van der Waals surface area contributed by atoms with E-state index in [1.165, 1.54) is 6.07 Å². The predicted octanol–water partition coefficient (Wildman–Crippen LogP) is 3.27. The zero-order valence-electron chi connectivity index (χ0n) is 11.9. The summed E-state index contributed by atoms with van der Waals surface area (Å²) in [6, 6.07) is 10.7. The standard InChI is InChI=1S/C16H20FN3/c1-3-13(18)10-12-8-9-16(19-11-12)20(2)15-7-5-4-6-14(15)17/h4-9,11,13H,3,10,18H2,1-2H3. The number of nitrogens with two attached hydrogens (primary N) is 1. The van der Waals surface area contributed by atoms with E-state index in [2.05, 4.69) is 11.9 Å². The molecular weight excluding hydrogens is 253 g/mol. The average Bonchev–Trinajstić information content (AvgIpc) is 2.47. The van der Waals surface area contributed by atoms with Gasteiger partial charge in [0.15, 0.2) is 0 Å². The molecule has 0 aliphatic rings. The van der Waals surface area contributed by atoms with Gasteiger partial charge in [0.2, 0.25) is 0 Å². The molecule has 3 nitrogen and oxygen atoms in total. The molecule has 4 heteroatoms. The second-order valence-electron chi connectivity index (χ2n) is 4.91. The van der Waals surface area contributed by atoms with E-state index in [4.69, 9.17) is 5.73 Å². The molecule has 20 heavy (non-hydrogen) atoms. The maximum Gasteiger partial charge on any atom is 0.146 e. The van der Waals surface area contributed by atoms with Crippen LogP contribution in [0.2, 0.25) is 0 Å². The van der Waals surface area contributed by atoms with E-state index in [0.717, 1.165) is 18.4 Å². The summed E-state index contributed by atoms with van der Waals surface area (Å²) in [5.41, 5.74) is 7.54. The third-order valence-electron chi connectivity index (χ3n) is 3.39. The van der Waals surface area contributed by atoms with Crippen LogP contribution >= 0.6 is 0 Å². The van der Waals surface area contributed by atoms with Crippen LogP contribution in [0.5, 0.6) is 0 Å². The normalized spacial score (nSPS) is 12.2. The lowest BCUT2D eigenvalue weighted by Gasteiger charge is -2.19. The zero-order chi connectivity index (χ0) is 14.5. The predicted molar refractivity (Wildman–Crippen MR) is 80.7 cm³/mol. The van der Waals surface area contributed by atoms with E-state index in [9.17, 15) is 4.39 Å². The van der Waals surface area contributed by atoms with Gasteiger partial charge < -0.3 is 10.6 Å². The van der Waals surface area contributed by atoms with Crippen LogP contribution in [0.3, 0.4) is 0 Å². The summed E-state index contributed by atoms with van der Waals surface area (Å²) in [6.07, 6.45) is 3.56. The van der Waals surface area contributed by atoms with Crippen LogP contribution in [0.25, 0.3) is 0 Å². The lowest BCUT2D eigenvalue weighted by Crippen LogP contribution is -2.21. The minimum absolute atomic E-state index is 0.159. The first-order valence-corrected chi connectivity index (χ1v) is 6.80. The molecule has 1 aromatic carbocycles. The molecule has 0 radical (unpaired) electrons. The van der Waals surface area contributed by atoms with Gasteiger partial charge >= 0.3 is 0 Å². The van der Waals surface area contributed by atoms with Crippen LogP contribution < -0.4 is 10.6 Å². The van der Waals surface area contributed by atoms with E-state index < -0.39 is 0 Å². The fourth-order valence-corrected chi connectivity index (χ4v) is 2.03. The molecule has 0 aliphatic heterocycles. The maximum absolute atomic E-state index is 13.7. The minimum Gasteiger partial charge on any atom is -0.327 e. The SMILES string of the molecule is CCC(N)Cc1ccc(N(C)c2ccccc2F)nc1. The van der Waals surface area contributed by atoms with Gasteiger partial charge in [-0.25, -0.2) is 9.37 Å². The number of halogens is 1. The molecule has 2 N–H and O–H groups in total. The molecular formula is C16H20FN3. The summed E-state index contributed by atoms with van der Waals surface area (Å²) in [5, 5.41) is 0. The largest absolute Gasteiger partial charge is 0.327 e. The van der Waals surface area contributed by atoms with Gasteiger partial charge in [0.25, 0.3) is 0 Å². The van der Waals surface area contributed by atoms with Gasteiger partial charge in [-0.1, -0.05) is 25.1 Å². The van der Waals surface area contributed by atoms with E-state index >= 15 is 0 Å². The fourth-order valence-electron chi connectivity index (χ4n) is 2.03. The van der Waals surface area contributed by atoms with Crippen LogP contribution in [-0.4, -0.2) is 18.1 Å². The molecule has 106 valence electrons. The molecule has 0 saturated carbocycles. The zero-order valence-corrected chi connectivity index (χ0v) is 11.9. The number of aromatic nitrogens is 1. The molecule has 0 aliphatic carbocycles. The highest BCUT2D eigenvalue weighted by atomic mass is 19.1. The molecule has 2 rings (SSSR count). The van der Waals surface area contributed by atoms with E-state index in [0.29, 0.717) is 11.5 Å². The lowest BCUT2D eigenvalue weighted by molar-refractivity contribution is 0.627. The molecule has 2 aromatic rings. The first-order valence-electron chi connectivity index (χ1n) is 6.80. The number of rotatable bonds is 5. The van der Waals surface area contributed by atoms with E-state index in [1.807, 2.05) is 24.4 Å². The number of benzene rings is 1. The highest BCUT2D eigenvalue weighted by Gasteiger charge is 2.10. The second-order valence-corrected chi connectivity index (χ2v) is 4.91. The van der Waals surface area contributed by atoms with Crippen molar-refractivity contribution in [1.29, 1.82) is 0 Å². The number of nitrogens with zero attached hydrogens (tertiary/aromatic N) is 2. The third-order valence-corrected chi connectivity index (χ3v) is 3.39. The van der Waals surface area contributed by atoms with Gasteiger partial charge in [0.1, 0.15) is 11.6 Å². The van der Waals surface area contributed by atoms with Gasteiger partial charge in [0.05, 0.1) is 5.69 Å². The highest BCUT2D eigenvalue weighted by Crippen LogP contribution is 2.24. The van der Waals surface area contributed by atoms with Gasteiger partial charge in [0, 0.05) is 19.3 Å². The lowest BCUT2D eigenvalue weighted by atomic mass is 10.1.